The Kier molecular flexibility index (Phi) is 5.63. The molecule has 2 aromatic heterocycles. The Morgan fingerprint density at radius 2 is 1.97 bits per heavy atom. The third kappa shape index (κ3) is 4.03. The summed E-state index contributed by atoms with van der Waals surface area (Å²) in [5.74, 6) is 1.39. The summed E-state index contributed by atoms with van der Waals surface area (Å²) in [4.78, 5) is 18.6. The Labute approximate surface area is 182 Å². The van der Waals surface area contributed by atoms with Crippen molar-refractivity contribution in [2.24, 2.45) is 0 Å². The van der Waals surface area contributed by atoms with Crippen molar-refractivity contribution in [2.45, 2.75) is 25.7 Å². The Balaban J connectivity index is 1.66. The molecule has 5 nitrogen and oxygen atoms in total. The average Bonchev–Trinajstić information content (AvgIpc) is 3.30. The molecule has 1 amide bonds. The van der Waals surface area contributed by atoms with Crippen molar-refractivity contribution in [3.63, 3.8) is 0 Å². The van der Waals surface area contributed by atoms with Gasteiger partial charge in [0.25, 0.3) is 5.91 Å². The van der Waals surface area contributed by atoms with E-state index in [0.29, 0.717) is 21.5 Å². The van der Waals surface area contributed by atoms with Crippen molar-refractivity contribution < 1.29 is 4.79 Å². The number of carbonyl (C=O) groups is 1. The highest BCUT2D eigenvalue weighted by atomic mass is 35.5. The van der Waals surface area contributed by atoms with Crippen LogP contribution in [0.5, 0.6) is 0 Å². The molecule has 4 rings (SSSR count). The standard InChI is InChI=1S/C21H19ClN4OS2/c1-4-28-15-8-6-14(7-9-15)20(27)23-17-11-13(3)25-26(17)21-24-18-12(2)5-10-16(22)19(18)29-21/h5-11H,4H2,1-3H3,(H,23,27). The van der Waals surface area contributed by atoms with Gasteiger partial charge in [0, 0.05) is 16.5 Å². The van der Waals surface area contributed by atoms with Gasteiger partial charge >= 0.3 is 0 Å². The van der Waals surface area contributed by atoms with E-state index in [-0.39, 0.29) is 5.91 Å². The van der Waals surface area contributed by atoms with E-state index in [0.717, 1.165) is 32.1 Å². The van der Waals surface area contributed by atoms with E-state index in [1.165, 1.54) is 11.3 Å². The number of anilines is 1. The van der Waals surface area contributed by atoms with Gasteiger partial charge < -0.3 is 5.32 Å². The zero-order valence-electron chi connectivity index (χ0n) is 16.2. The summed E-state index contributed by atoms with van der Waals surface area (Å²) in [6.07, 6.45) is 0. The minimum absolute atomic E-state index is 0.186. The molecule has 29 heavy (non-hydrogen) atoms. The zero-order valence-corrected chi connectivity index (χ0v) is 18.6. The van der Waals surface area contributed by atoms with Crippen LogP contribution in [0.2, 0.25) is 5.02 Å². The Morgan fingerprint density at radius 1 is 1.21 bits per heavy atom. The molecule has 0 aliphatic carbocycles. The molecule has 4 aromatic rings. The van der Waals surface area contributed by atoms with Crippen molar-refractivity contribution >= 4 is 56.6 Å². The number of hydrogen-bond acceptors (Lipinski definition) is 5. The quantitative estimate of drug-likeness (QED) is 0.378. The largest absolute Gasteiger partial charge is 0.306 e. The maximum atomic E-state index is 12.8. The smallest absolute Gasteiger partial charge is 0.256 e. The van der Waals surface area contributed by atoms with Crippen LogP contribution in [0.15, 0.2) is 47.4 Å². The first-order chi connectivity index (χ1) is 14.0. The van der Waals surface area contributed by atoms with E-state index in [2.05, 4.69) is 17.3 Å². The summed E-state index contributed by atoms with van der Waals surface area (Å²) < 4.78 is 2.57. The normalized spacial score (nSPS) is 11.2. The van der Waals surface area contributed by atoms with Gasteiger partial charge in [0.2, 0.25) is 5.13 Å². The molecule has 0 saturated carbocycles. The van der Waals surface area contributed by atoms with Gasteiger partial charge in [0.15, 0.2) is 0 Å². The molecule has 148 valence electrons. The summed E-state index contributed by atoms with van der Waals surface area (Å²) in [5, 5.41) is 8.81. The summed E-state index contributed by atoms with van der Waals surface area (Å²) in [6, 6.07) is 13.3. The van der Waals surface area contributed by atoms with Crippen molar-refractivity contribution in [1.82, 2.24) is 14.8 Å². The van der Waals surface area contributed by atoms with Gasteiger partial charge in [0.05, 0.1) is 20.9 Å². The number of halogens is 1. The van der Waals surface area contributed by atoms with Gasteiger partial charge in [-0.25, -0.2) is 4.98 Å². The van der Waals surface area contributed by atoms with Crippen LogP contribution in [0.3, 0.4) is 0 Å². The number of rotatable bonds is 5. The molecule has 0 atom stereocenters. The summed E-state index contributed by atoms with van der Waals surface area (Å²) in [5.41, 5.74) is 3.29. The van der Waals surface area contributed by atoms with E-state index in [4.69, 9.17) is 16.6 Å². The predicted octanol–water partition coefficient (Wildman–Crippen LogP) is 6.12. The molecule has 2 aromatic carbocycles. The fourth-order valence-electron chi connectivity index (χ4n) is 2.97. The number of hydrogen-bond donors (Lipinski definition) is 1. The highest BCUT2D eigenvalue weighted by Gasteiger charge is 2.17. The second kappa shape index (κ2) is 8.18. The van der Waals surface area contributed by atoms with Crippen molar-refractivity contribution in [2.75, 3.05) is 11.1 Å². The van der Waals surface area contributed by atoms with E-state index >= 15 is 0 Å². The Hall–Kier alpha value is -2.35. The third-order valence-corrected chi connectivity index (χ3v) is 6.75. The van der Waals surface area contributed by atoms with Crippen molar-refractivity contribution in [3.8, 4) is 5.13 Å². The zero-order chi connectivity index (χ0) is 20.5. The highest BCUT2D eigenvalue weighted by molar-refractivity contribution is 7.99. The summed E-state index contributed by atoms with van der Waals surface area (Å²) >= 11 is 9.54. The Bertz CT molecular complexity index is 1160. The van der Waals surface area contributed by atoms with Crippen LogP contribution < -0.4 is 5.32 Å². The SMILES string of the molecule is CCSc1ccc(C(=O)Nc2cc(C)nn2-c2nc3c(C)ccc(Cl)c3s2)cc1. The number of thiazole rings is 1. The highest BCUT2D eigenvalue weighted by Crippen LogP contribution is 2.34. The molecule has 8 heteroatoms. The number of fused-ring (bicyclic) bond motifs is 1. The lowest BCUT2D eigenvalue weighted by molar-refractivity contribution is 0.102. The van der Waals surface area contributed by atoms with E-state index in [1.54, 1.807) is 16.4 Å². The molecule has 2 heterocycles. The number of nitrogens with one attached hydrogen (secondary N) is 1. The molecular weight excluding hydrogens is 424 g/mol. The minimum atomic E-state index is -0.186. The molecule has 0 bridgehead atoms. The molecule has 0 saturated heterocycles. The van der Waals surface area contributed by atoms with Crippen LogP contribution in [-0.2, 0) is 0 Å². The topological polar surface area (TPSA) is 59.8 Å². The van der Waals surface area contributed by atoms with Crippen LogP contribution in [0.1, 0.15) is 28.5 Å². The predicted molar refractivity (Wildman–Crippen MR) is 122 cm³/mol. The molecule has 0 spiro atoms. The first-order valence-corrected chi connectivity index (χ1v) is 11.3. The van der Waals surface area contributed by atoms with Crippen LogP contribution >= 0.6 is 34.7 Å². The minimum Gasteiger partial charge on any atom is -0.306 e. The van der Waals surface area contributed by atoms with Crippen LogP contribution in [0.4, 0.5) is 5.82 Å². The summed E-state index contributed by atoms with van der Waals surface area (Å²) in [7, 11) is 0. The van der Waals surface area contributed by atoms with E-state index in [9.17, 15) is 4.79 Å². The van der Waals surface area contributed by atoms with Crippen LogP contribution in [0, 0.1) is 13.8 Å². The first kappa shape index (κ1) is 19.9. The monoisotopic (exact) mass is 442 g/mol. The summed E-state index contributed by atoms with van der Waals surface area (Å²) in [6.45, 7) is 5.99. The number of carbonyl (C=O) groups excluding carboxylic acids is 1. The van der Waals surface area contributed by atoms with Gasteiger partial charge in [-0.15, -0.1) is 11.8 Å². The lowest BCUT2D eigenvalue weighted by Gasteiger charge is -2.07. The van der Waals surface area contributed by atoms with E-state index < -0.39 is 0 Å². The Morgan fingerprint density at radius 3 is 2.66 bits per heavy atom. The van der Waals surface area contributed by atoms with Crippen molar-refractivity contribution in [3.05, 3.63) is 64.3 Å². The molecule has 0 radical (unpaired) electrons. The lowest BCUT2D eigenvalue weighted by atomic mass is 10.2. The number of nitrogens with zero attached hydrogens (tertiary/aromatic N) is 3. The van der Waals surface area contributed by atoms with Gasteiger partial charge in [0.1, 0.15) is 5.82 Å². The maximum absolute atomic E-state index is 12.8. The number of aryl methyl sites for hydroxylation is 2. The molecule has 1 N–H and O–H groups in total. The van der Waals surface area contributed by atoms with Gasteiger partial charge in [-0.2, -0.15) is 9.78 Å². The number of benzene rings is 2. The molecule has 0 aliphatic heterocycles. The van der Waals surface area contributed by atoms with Gasteiger partial charge in [-0.05, 0) is 55.5 Å². The lowest BCUT2D eigenvalue weighted by Crippen LogP contribution is -2.15. The molecule has 0 fully saturated rings. The molecule has 0 aliphatic rings. The third-order valence-electron chi connectivity index (χ3n) is 4.37. The molecule has 0 unspecified atom stereocenters. The van der Waals surface area contributed by atoms with Crippen LogP contribution in [0.25, 0.3) is 15.3 Å². The second-order valence-corrected chi connectivity index (χ2v) is 9.25. The number of thioether (sulfide) groups is 1. The number of amides is 1. The number of aromatic nitrogens is 3. The van der Waals surface area contributed by atoms with E-state index in [1.807, 2.05) is 56.3 Å². The van der Waals surface area contributed by atoms with Gasteiger partial charge in [-0.3, -0.25) is 4.79 Å². The van der Waals surface area contributed by atoms with Crippen molar-refractivity contribution in [1.29, 1.82) is 0 Å². The fraction of sp³-hybridized carbons (Fsp3) is 0.190. The second-order valence-electron chi connectivity index (χ2n) is 6.53. The fourth-order valence-corrected chi connectivity index (χ4v) is 4.92. The molecular formula is C21H19ClN4OS2. The first-order valence-electron chi connectivity index (χ1n) is 9.13. The van der Waals surface area contributed by atoms with Crippen LogP contribution in [-0.4, -0.2) is 26.4 Å². The average molecular weight is 443 g/mol. The maximum Gasteiger partial charge on any atom is 0.256 e. The van der Waals surface area contributed by atoms with Gasteiger partial charge in [-0.1, -0.05) is 35.9 Å².